The van der Waals surface area contributed by atoms with E-state index in [1.807, 2.05) is 6.20 Å². The molecule has 1 aromatic rings. The third-order valence-corrected chi connectivity index (χ3v) is 3.60. The molecule has 1 N–H and O–H groups in total. The van der Waals surface area contributed by atoms with Crippen LogP contribution < -0.4 is 15.8 Å². The van der Waals surface area contributed by atoms with Gasteiger partial charge in [0.2, 0.25) is 0 Å². The van der Waals surface area contributed by atoms with E-state index in [1.165, 1.54) is 12.8 Å². The molecular weight excluding hydrogens is 252 g/mol. The highest BCUT2D eigenvalue weighted by Crippen LogP contribution is 2.16. The number of aromatic nitrogens is 2. The van der Waals surface area contributed by atoms with Gasteiger partial charge in [0.15, 0.2) is 0 Å². The van der Waals surface area contributed by atoms with Gasteiger partial charge in [0.05, 0.1) is 11.9 Å². The number of nitrogens with zero attached hydrogens (tertiary/aromatic N) is 3. The Balaban J connectivity index is 1.82. The molecule has 1 saturated heterocycles. The summed E-state index contributed by atoms with van der Waals surface area (Å²) in [5.41, 5.74) is 0.986. The Morgan fingerprint density at radius 3 is 2.75 bits per heavy atom. The SMILES string of the molecule is CC(C)CNCCCn1ncc(N2CCCC2)cc1=O. The summed E-state index contributed by atoms with van der Waals surface area (Å²) in [6.45, 7) is 9.11. The van der Waals surface area contributed by atoms with Crippen molar-refractivity contribution >= 4 is 5.69 Å². The molecule has 0 atom stereocenters. The molecule has 1 aromatic heterocycles. The van der Waals surface area contributed by atoms with Crippen molar-refractivity contribution in [2.24, 2.45) is 5.92 Å². The number of rotatable bonds is 7. The van der Waals surface area contributed by atoms with E-state index in [1.54, 1.807) is 10.7 Å². The predicted octanol–water partition coefficient (Wildman–Crippen LogP) is 1.48. The minimum Gasteiger partial charge on any atom is -0.370 e. The maximum atomic E-state index is 12.0. The van der Waals surface area contributed by atoms with Crippen LogP contribution >= 0.6 is 0 Å². The average Bonchev–Trinajstić information content (AvgIpc) is 2.93. The van der Waals surface area contributed by atoms with Crippen molar-refractivity contribution in [1.82, 2.24) is 15.1 Å². The molecule has 0 saturated carbocycles. The third-order valence-electron chi connectivity index (χ3n) is 3.60. The smallest absolute Gasteiger partial charge is 0.268 e. The van der Waals surface area contributed by atoms with Gasteiger partial charge in [-0.15, -0.1) is 0 Å². The van der Waals surface area contributed by atoms with Crippen molar-refractivity contribution in [3.63, 3.8) is 0 Å². The van der Waals surface area contributed by atoms with Gasteiger partial charge in [-0.05, 0) is 38.3 Å². The van der Waals surface area contributed by atoms with Crippen LogP contribution in [0.15, 0.2) is 17.1 Å². The second-order valence-corrected chi connectivity index (χ2v) is 5.92. The summed E-state index contributed by atoms with van der Waals surface area (Å²) in [6.07, 6.45) is 5.19. The standard InChI is InChI=1S/C15H26N4O/c1-13(2)11-16-6-5-9-19-15(20)10-14(12-17-19)18-7-3-4-8-18/h10,12-13,16H,3-9,11H2,1-2H3. The fraction of sp³-hybridized carbons (Fsp3) is 0.733. The molecule has 5 heteroatoms. The van der Waals surface area contributed by atoms with Gasteiger partial charge in [0.1, 0.15) is 0 Å². The van der Waals surface area contributed by atoms with Crippen LogP contribution in [0.4, 0.5) is 5.69 Å². The summed E-state index contributed by atoms with van der Waals surface area (Å²) in [5.74, 6) is 0.663. The molecule has 0 bridgehead atoms. The molecule has 1 aliphatic rings. The summed E-state index contributed by atoms with van der Waals surface area (Å²) in [4.78, 5) is 14.3. The number of hydrogen-bond donors (Lipinski definition) is 1. The zero-order chi connectivity index (χ0) is 14.4. The first-order chi connectivity index (χ1) is 9.66. The van der Waals surface area contributed by atoms with Crippen LogP contribution in [0.1, 0.15) is 33.1 Å². The van der Waals surface area contributed by atoms with Gasteiger partial charge in [-0.25, -0.2) is 4.68 Å². The van der Waals surface area contributed by atoms with Crippen molar-refractivity contribution in [3.05, 3.63) is 22.6 Å². The molecular formula is C15H26N4O. The van der Waals surface area contributed by atoms with Gasteiger partial charge in [0.25, 0.3) is 5.56 Å². The lowest BCUT2D eigenvalue weighted by atomic mass is 10.2. The monoisotopic (exact) mass is 278 g/mol. The lowest BCUT2D eigenvalue weighted by molar-refractivity contribution is 0.495. The van der Waals surface area contributed by atoms with Crippen molar-refractivity contribution in [3.8, 4) is 0 Å². The number of nitrogens with one attached hydrogen (secondary N) is 1. The lowest BCUT2D eigenvalue weighted by Gasteiger charge is -2.17. The quantitative estimate of drug-likeness (QED) is 0.768. The summed E-state index contributed by atoms with van der Waals surface area (Å²) in [7, 11) is 0. The van der Waals surface area contributed by atoms with Crippen LogP contribution in [0, 0.1) is 5.92 Å². The topological polar surface area (TPSA) is 50.2 Å². The second kappa shape index (κ2) is 7.43. The molecule has 0 unspecified atom stereocenters. The third kappa shape index (κ3) is 4.34. The molecule has 5 nitrogen and oxygen atoms in total. The van der Waals surface area contributed by atoms with Crippen molar-refractivity contribution in [2.75, 3.05) is 31.1 Å². The predicted molar refractivity (Wildman–Crippen MR) is 82.3 cm³/mol. The zero-order valence-corrected chi connectivity index (χ0v) is 12.6. The summed E-state index contributed by atoms with van der Waals surface area (Å²) >= 11 is 0. The first-order valence-electron chi connectivity index (χ1n) is 7.69. The van der Waals surface area contributed by atoms with Crippen LogP contribution in [0.2, 0.25) is 0 Å². The van der Waals surface area contributed by atoms with E-state index in [0.717, 1.165) is 38.3 Å². The highest BCUT2D eigenvalue weighted by Gasteiger charge is 2.13. The van der Waals surface area contributed by atoms with Gasteiger partial charge < -0.3 is 10.2 Å². The number of aryl methyl sites for hydroxylation is 1. The number of hydrogen-bond acceptors (Lipinski definition) is 4. The fourth-order valence-corrected chi connectivity index (χ4v) is 2.48. The minimum atomic E-state index is 0.0123. The Hall–Kier alpha value is -1.36. The number of anilines is 1. The van der Waals surface area contributed by atoms with Crippen molar-refractivity contribution < 1.29 is 0 Å². The fourth-order valence-electron chi connectivity index (χ4n) is 2.48. The molecule has 1 aliphatic heterocycles. The Morgan fingerprint density at radius 2 is 2.10 bits per heavy atom. The second-order valence-electron chi connectivity index (χ2n) is 5.92. The maximum absolute atomic E-state index is 12.0. The highest BCUT2D eigenvalue weighted by atomic mass is 16.1. The van der Waals surface area contributed by atoms with Crippen molar-refractivity contribution in [2.45, 2.75) is 39.7 Å². The Labute approximate surface area is 121 Å². The van der Waals surface area contributed by atoms with Gasteiger partial charge in [-0.3, -0.25) is 4.79 Å². The van der Waals surface area contributed by atoms with E-state index in [0.29, 0.717) is 12.5 Å². The van der Waals surface area contributed by atoms with E-state index in [9.17, 15) is 4.79 Å². The Kier molecular flexibility index (Phi) is 5.59. The van der Waals surface area contributed by atoms with E-state index in [4.69, 9.17) is 0 Å². The summed E-state index contributed by atoms with van der Waals surface area (Å²) < 4.78 is 1.57. The zero-order valence-electron chi connectivity index (χ0n) is 12.6. The van der Waals surface area contributed by atoms with E-state index in [-0.39, 0.29) is 5.56 Å². The first kappa shape index (κ1) is 15.0. The van der Waals surface area contributed by atoms with E-state index < -0.39 is 0 Å². The van der Waals surface area contributed by atoms with Gasteiger partial charge >= 0.3 is 0 Å². The van der Waals surface area contributed by atoms with Crippen molar-refractivity contribution in [1.29, 1.82) is 0 Å². The first-order valence-corrected chi connectivity index (χ1v) is 7.69. The summed E-state index contributed by atoms with van der Waals surface area (Å²) in [6, 6.07) is 1.72. The molecule has 0 aliphatic carbocycles. The lowest BCUT2D eigenvalue weighted by Crippen LogP contribution is -2.28. The molecule has 20 heavy (non-hydrogen) atoms. The Bertz CT molecular complexity index is 463. The van der Waals surface area contributed by atoms with Crippen LogP contribution in [0.3, 0.4) is 0 Å². The molecule has 0 spiro atoms. The van der Waals surface area contributed by atoms with Gasteiger partial charge in [0, 0.05) is 25.7 Å². The Morgan fingerprint density at radius 1 is 1.35 bits per heavy atom. The van der Waals surface area contributed by atoms with E-state index in [2.05, 4.69) is 29.2 Å². The van der Waals surface area contributed by atoms with Gasteiger partial charge in [-0.1, -0.05) is 13.8 Å². The summed E-state index contributed by atoms with van der Waals surface area (Å²) in [5, 5.41) is 7.67. The molecule has 2 heterocycles. The van der Waals surface area contributed by atoms with Crippen LogP contribution in [0.5, 0.6) is 0 Å². The largest absolute Gasteiger partial charge is 0.370 e. The van der Waals surface area contributed by atoms with Crippen LogP contribution in [-0.2, 0) is 6.54 Å². The molecule has 2 rings (SSSR count). The van der Waals surface area contributed by atoms with Crippen LogP contribution in [0.25, 0.3) is 0 Å². The molecule has 0 amide bonds. The molecule has 0 aromatic carbocycles. The minimum absolute atomic E-state index is 0.0123. The maximum Gasteiger partial charge on any atom is 0.268 e. The average molecular weight is 278 g/mol. The molecule has 112 valence electrons. The van der Waals surface area contributed by atoms with E-state index >= 15 is 0 Å². The normalized spacial score (nSPS) is 15.2. The van der Waals surface area contributed by atoms with Gasteiger partial charge in [-0.2, -0.15) is 5.10 Å². The molecule has 1 fully saturated rings. The van der Waals surface area contributed by atoms with Crippen LogP contribution in [-0.4, -0.2) is 36.0 Å². The molecule has 0 radical (unpaired) electrons. The highest BCUT2D eigenvalue weighted by molar-refractivity contribution is 5.43.